The van der Waals surface area contributed by atoms with E-state index in [1.165, 1.54) is 26.2 Å². The molecule has 0 spiro atoms. The number of rotatable bonds is 7. The Morgan fingerprint density at radius 1 is 1.09 bits per heavy atom. The van der Waals surface area contributed by atoms with Crippen molar-refractivity contribution in [2.75, 3.05) is 24.0 Å². The molecule has 3 aromatic rings. The monoisotopic (exact) mass is 470 g/mol. The van der Waals surface area contributed by atoms with Crippen molar-refractivity contribution in [2.24, 2.45) is 0 Å². The van der Waals surface area contributed by atoms with E-state index in [1.54, 1.807) is 50.5 Å². The first-order chi connectivity index (χ1) is 15.4. The number of carbonyl (C=O) groups excluding carboxylic acids is 1. The minimum Gasteiger partial charge on any atom is -0.497 e. The van der Waals surface area contributed by atoms with Crippen LogP contribution in [0.2, 0.25) is 0 Å². The Balaban J connectivity index is 2.10. The summed E-state index contributed by atoms with van der Waals surface area (Å²) in [7, 11) is -2.03. The van der Waals surface area contributed by atoms with Crippen LogP contribution in [0.1, 0.15) is 26.3 Å². The van der Waals surface area contributed by atoms with Crippen LogP contribution in [-0.4, -0.2) is 42.8 Å². The van der Waals surface area contributed by atoms with Gasteiger partial charge in [0, 0.05) is 54.5 Å². The number of methoxy groups -OCH3 is 1. The maximum absolute atomic E-state index is 12.1. The lowest BCUT2D eigenvalue weighted by atomic mass is 9.99. The molecule has 0 saturated carbocycles. The molecule has 0 bridgehead atoms. The average molecular weight is 471 g/mol. The Morgan fingerprint density at radius 3 is 2.36 bits per heavy atom. The second kappa shape index (κ2) is 9.16. The molecular weight excluding hydrogens is 444 g/mol. The van der Waals surface area contributed by atoms with E-state index in [0.717, 1.165) is 6.26 Å². The number of nitrogens with zero attached hydrogens (tertiary/aromatic N) is 2. The minimum absolute atomic E-state index is 0.0923. The molecule has 0 fully saturated rings. The highest BCUT2D eigenvalue weighted by molar-refractivity contribution is 7.90. The average Bonchev–Trinajstić information content (AvgIpc) is 2.72. The van der Waals surface area contributed by atoms with Crippen LogP contribution < -0.4 is 15.4 Å². The number of carbonyl (C=O) groups is 1. The first-order valence-corrected chi connectivity index (χ1v) is 11.9. The number of sulfone groups is 1. The third-order valence-electron chi connectivity index (χ3n) is 4.78. The van der Waals surface area contributed by atoms with E-state index in [9.17, 15) is 18.3 Å². The van der Waals surface area contributed by atoms with Crippen LogP contribution in [0.3, 0.4) is 0 Å². The molecule has 0 unspecified atom stereocenters. The number of benzene rings is 1. The number of nitrogens with one attached hydrogen (secondary N) is 2. The summed E-state index contributed by atoms with van der Waals surface area (Å²) >= 11 is 0. The molecule has 174 valence electrons. The fourth-order valence-electron chi connectivity index (χ4n) is 3.06. The highest BCUT2D eigenvalue weighted by atomic mass is 32.2. The van der Waals surface area contributed by atoms with Crippen molar-refractivity contribution in [3.63, 3.8) is 0 Å². The summed E-state index contributed by atoms with van der Waals surface area (Å²) in [6, 6.07) is 9.73. The zero-order chi connectivity index (χ0) is 24.4. The zero-order valence-electron chi connectivity index (χ0n) is 19.0. The van der Waals surface area contributed by atoms with Crippen LogP contribution >= 0.6 is 0 Å². The van der Waals surface area contributed by atoms with Gasteiger partial charge in [-0.15, -0.1) is 0 Å². The van der Waals surface area contributed by atoms with Crippen molar-refractivity contribution in [1.29, 1.82) is 0 Å². The van der Waals surface area contributed by atoms with Gasteiger partial charge in [0.05, 0.1) is 29.0 Å². The molecule has 0 saturated heterocycles. The van der Waals surface area contributed by atoms with Gasteiger partial charge in [0.15, 0.2) is 9.84 Å². The molecule has 1 amide bonds. The Labute approximate surface area is 192 Å². The molecule has 3 N–H and O–H groups in total. The second-order valence-electron chi connectivity index (χ2n) is 8.08. The van der Waals surface area contributed by atoms with Crippen LogP contribution in [0.15, 0.2) is 53.7 Å². The van der Waals surface area contributed by atoms with Crippen LogP contribution in [0.25, 0.3) is 11.3 Å². The van der Waals surface area contributed by atoms with Gasteiger partial charge >= 0.3 is 0 Å². The van der Waals surface area contributed by atoms with Gasteiger partial charge < -0.3 is 20.5 Å². The van der Waals surface area contributed by atoms with Gasteiger partial charge in [-0.05, 0) is 32.0 Å². The molecule has 1 aromatic carbocycles. The lowest BCUT2D eigenvalue weighted by Crippen LogP contribution is -2.15. The standard InChI is InChI=1S/C23H26N4O5S/c1-14(28)26-22-11-21(27-16-8-17(32-4)10-18(9-16)33(5,30)31)19(13-25-22)20-7-6-15(12-24-20)23(2,3)29/h6-13,29H,1-5H3,(H2,25,26,27,28). The first kappa shape index (κ1) is 24.1. The van der Waals surface area contributed by atoms with E-state index in [2.05, 4.69) is 20.6 Å². The summed E-state index contributed by atoms with van der Waals surface area (Å²) in [6.07, 6.45) is 4.25. The molecule has 2 aromatic heterocycles. The first-order valence-electron chi connectivity index (χ1n) is 10.00. The molecule has 9 nitrogen and oxygen atoms in total. The quantitative estimate of drug-likeness (QED) is 0.478. The number of hydrogen-bond donors (Lipinski definition) is 3. The molecular formula is C23H26N4O5S. The van der Waals surface area contributed by atoms with Crippen LogP contribution in [-0.2, 0) is 20.2 Å². The molecule has 10 heteroatoms. The number of pyridine rings is 2. The van der Waals surface area contributed by atoms with Crippen molar-refractivity contribution in [3.05, 3.63) is 54.4 Å². The molecule has 3 rings (SSSR count). The Morgan fingerprint density at radius 2 is 1.82 bits per heavy atom. The van der Waals surface area contributed by atoms with E-state index in [-0.39, 0.29) is 10.8 Å². The predicted molar refractivity (Wildman–Crippen MR) is 126 cm³/mol. The van der Waals surface area contributed by atoms with Gasteiger partial charge in [-0.25, -0.2) is 13.4 Å². The maximum atomic E-state index is 12.1. The second-order valence-corrected chi connectivity index (χ2v) is 10.1. The number of aromatic nitrogens is 2. The van der Waals surface area contributed by atoms with Gasteiger partial charge in [0.25, 0.3) is 0 Å². The molecule has 0 atom stereocenters. The summed E-state index contributed by atoms with van der Waals surface area (Å²) in [4.78, 5) is 20.3. The van der Waals surface area contributed by atoms with Crippen molar-refractivity contribution in [3.8, 4) is 17.0 Å². The third-order valence-corrected chi connectivity index (χ3v) is 5.87. The molecule has 0 aliphatic rings. The van der Waals surface area contributed by atoms with E-state index in [4.69, 9.17) is 4.74 Å². The van der Waals surface area contributed by atoms with Crippen molar-refractivity contribution >= 4 is 32.9 Å². The summed E-state index contributed by atoms with van der Waals surface area (Å²) in [5.74, 6) is 0.397. The summed E-state index contributed by atoms with van der Waals surface area (Å²) in [5, 5.41) is 16.0. The fraction of sp³-hybridized carbons (Fsp3) is 0.261. The zero-order valence-corrected chi connectivity index (χ0v) is 19.8. The Kier molecular flexibility index (Phi) is 6.71. The summed E-state index contributed by atoms with van der Waals surface area (Å²) < 4.78 is 29.5. The normalized spacial score (nSPS) is 11.7. The minimum atomic E-state index is -3.48. The van der Waals surface area contributed by atoms with E-state index in [1.807, 2.05) is 0 Å². The Hall–Kier alpha value is -3.50. The highest BCUT2D eigenvalue weighted by Gasteiger charge is 2.18. The van der Waals surface area contributed by atoms with Gasteiger partial charge in [-0.2, -0.15) is 0 Å². The van der Waals surface area contributed by atoms with Crippen LogP contribution in [0.5, 0.6) is 5.75 Å². The van der Waals surface area contributed by atoms with Gasteiger partial charge in [0.1, 0.15) is 11.6 Å². The lowest BCUT2D eigenvalue weighted by molar-refractivity contribution is -0.114. The number of anilines is 3. The van der Waals surface area contributed by atoms with Gasteiger partial charge in [-0.1, -0.05) is 6.07 Å². The lowest BCUT2D eigenvalue weighted by Gasteiger charge is -2.18. The number of aliphatic hydroxyl groups is 1. The molecule has 2 heterocycles. The summed E-state index contributed by atoms with van der Waals surface area (Å²) in [6.45, 7) is 4.71. The smallest absolute Gasteiger partial charge is 0.222 e. The fourth-order valence-corrected chi connectivity index (χ4v) is 3.73. The maximum Gasteiger partial charge on any atom is 0.222 e. The number of ether oxygens (including phenoxy) is 1. The van der Waals surface area contributed by atoms with Crippen LogP contribution in [0.4, 0.5) is 17.2 Å². The van der Waals surface area contributed by atoms with Crippen molar-refractivity contribution < 1.29 is 23.1 Å². The van der Waals surface area contributed by atoms with Crippen molar-refractivity contribution in [2.45, 2.75) is 31.3 Å². The number of amides is 1. The topological polar surface area (TPSA) is 131 Å². The molecule has 0 radical (unpaired) electrons. The molecule has 33 heavy (non-hydrogen) atoms. The number of hydrogen-bond acceptors (Lipinski definition) is 8. The Bertz CT molecular complexity index is 1280. The van der Waals surface area contributed by atoms with Gasteiger partial charge in [-0.3, -0.25) is 9.78 Å². The predicted octanol–water partition coefficient (Wildman–Crippen LogP) is 3.49. The van der Waals surface area contributed by atoms with Crippen molar-refractivity contribution in [1.82, 2.24) is 9.97 Å². The van der Waals surface area contributed by atoms with Gasteiger partial charge in [0.2, 0.25) is 5.91 Å². The van der Waals surface area contributed by atoms with E-state index in [0.29, 0.717) is 39.8 Å². The highest BCUT2D eigenvalue weighted by Crippen LogP contribution is 2.33. The van der Waals surface area contributed by atoms with E-state index < -0.39 is 15.4 Å². The SMILES string of the molecule is COc1cc(Nc2cc(NC(C)=O)ncc2-c2ccc(C(C)(C)O)cn2)cc(S(C)(=O)=O)c1. The summed E-state index contributed by atoms with van der Waals surface area (Å²) in [5.41, 5.74) is 1.78. The van der Waals surface area contributed by atoms with E-state index >= 15 is 0 Å². The largest absolute Gasteiger partial charge is 0.497 e. The van der Waals surface area contributed by atoms with Crippen LogP contribution in [0, 0.1) is 0 Å². The molecule has 0 aliphatic carbocycles. The third kappa shape index (κ3) is 6.05. The molecule has 0 aliphatic heterocycles.